The Morgan fingerprint density at radius 2 is 0.895 bits per heavy atom. The van der Waals surface area contributed by atoms with Crippen molar-refractivity contribution in [2.24, 2.45) is 0 Å². The van der Waals surface area contributed by atoms with Gasteiger partial charge in [-0.05, 0) is 37.1 Å². The molecule has 0 saturated heterocycles. The molecule has 0 saturated carbocycles. The van der Waals surface area contributed by atoms with Crippen LogP contribution in [0.1, 0.15) is 68.7 Å². The second-order valence-electron chi connectivity index (χ2n) is 9.12. The van der Waals surface area contributed by atoms with Crippen LogP contribution in [0.4, 0.5) is 0 Å². The molecule has 0 fully saturated rings. The molecular weight excluding hydrogens is 480 g/mol. The molecule has 188 valence electrons. The molecule has 0 aromatic heterocycles. The first-order valence-corrected chi connectivity index (χ1v) is 12.3. The zero-order valence-electron chi connectivity index (χ0n) is 20.8. The lowest BCUT2D eigenvalue weighted by Crippen LogP contribution is -2.25. The number of rotatable bonds is 6. The summed E-state index contributed by atoms with van der Waals surface area (Å²) in [7, 11) is 0. The molecule has 2 atom stereocenters. The quantitative estimate of drug-likeness (QED) is 0.212. The Balaban J connectivity index is 1.45. The van der Waals surface area contributed by atoms with E-state index < -0.39 is 35.3 Å². The summed E-state index contributed by atoms with van der Waals surface area (Å²) in [6.07, 6.45) is 0. The van der Waals surface area contributed by atoms with Crippen molar-refractivity contribution in [1.29, 1.82) is 0 Å². The van der Waals surface area contributed by atoms with Crippen molar-refractivity contribution in [3.63, 3.8) is 0 Å². The van der Waals surface area contributed by atoms with E-state index in [4.69, 9.17) is 9.47 Å². The van der Waals surface area contributed by atoms with Gasteiger partial charge in [0, 0.05) is 11.1 Å². The highest BCUT2D eigenvalue weighted by Gasteiger charge is 2.36. The smallest absolute Gasteiger partial charge is 0.318 e. The van der Waals surface area contributed by atoms with Gasteiger partial charge in [-0.15, -0.1) is 0 Å². The summed E-state index contributed by atoms with van der Waals surface area (Å²) in [5, 5.41) is 0. The number of hydrogen-bond donors (Lipinski definition) is 0. The Morgan fingerprint density at radius 1 is 0.526 bits per heavy atom. The molecule has 2 unspecified atom stereocenters. The number of fused-ring (bicyclic) bond motifs is 2. The molecule has 0 radical (unpaired) electrons. The molecule has 0 spiro atoms. The molecule has 6 heteroatoms. The molecule has 0 aliphatic heterocycles. The summed E-state index contributed by atoms with van der Waals surface area (Å²) in [6.45, 7) is 3.43. The van der Waals surface area contributed by atoms with Crippen molar-refractivity contribution in [3.05, 3.63) is 130 Å². The Bertz CT molecular complexity index is 1440. The van der Waals surface area contributed by atoms with Crippen LogP contribution in [0, 0.1) is 0 Å². The molecule has 0 heterocycles. The topological polar surface area (TPSA) is 86.7 Å². The molecule has 6 nitrogen and oxygen atoms in total. The number of carbonyl (C=O) groups excluding carboxylic acids is 4. The largest absolute Gasteiger partial charge is 0.425 e. The number of benzene rings is 4. The summed E-state index contributed by atoms with van der Waals surface area (Å²) in [4.78, 5) is 53.0. The Kier molecular flexibility index (Phi) is 6.71. The fourth-order valence-corrected chi connectivity index (χ4v) is 4.50. The van der Waals surface area contributed by atoms with Crippen molar-refractivity contribution in [2.75, 3.05) is 0 Å². The lowest BCUT2D eigenvalue weighted by atomic mass is 9.83. The van der Waals surface area contributed by atoms with Gasteiger partial charge in [-0.25, -0.2) is 0 Å². The monoisotopic (exact) mass is 504 g/mol. The van der Waals surface area contributed by atoms with E-state index in [0.717, 1.165) is 11.1 Å². The van der Waals surface area contributed by atoms with Gasteiger partial charge in [0.05, 0.1) is 23.0 Å². The molecule has 38 heavy (non-hydrogen) atoms. The van der Waals surface area contributed by atoms with E-state index >= 15 is 0 Å². The molecule has 4 aromatic rings. The van der Waals surface area contributed by atoms with Crippen LogP contribution in [0.3, 0.4) is 0 Å². The molecular formula is C32H24O6. The third kappa shape index (κ3) is 4.52. The first-order valence-electron chi connectivity index (χ1n) is 12.3. The van der Waals surface area contributed by atoms with Crippen LogP contribution >= 0.6 is 0 Å². The minimum atomic E-state index is -0.577. The SMILES string of the molecule is CC(C(=O)Oc1cccc2c1C(=O)c1cccc(OC(=O)C(C)c3ccccc3)c1C2=O)c1ccccc1. The standard InChI is InChI=1S/C32H24O6/c1-19(21-11-5-3-6-12-21)31(35)37-25-17-9-15-23-27(25)29(33)24-16-10-18-26(28(24)30(23)34)38-32(36)20(2)22-13-7-4-8-14-22/h3-20H,1-2H3. The molecule has 5 rings (SSSR count). The summed E-state index contributed by atoms with van der Waals surface area (Å²) < 4.78 is 11.3. The number of ether oxygens (including phenoxy) is 2. The Morgan fingerprint density at radius 3 is 1.26 bits per heavy atom. The van der Waals surface area contributed by atoms with Crippen molar-refractivity contribution >= 4 is 23.5 Å². The third-order valence-corrected chi connectivity index (χ3v) is 6.72. The zero-order chi connectivity index (χ0) is 26.8. The van der Waals surface area contributed by atoms with Crippen LogP contribution < -0.4 is 9.47 Å². The number of hydrogen-bond acceptors (Lipinski definition) is 6. The van der Waals surface area contributed by atoms with Gasteiger partial charge >= 0.3 is 11.9 Å². The Labute approximate surface area is 219 Å². The molecule has 1 aliphatic rings. The van der Waals surface area contributed by atoms with Crippen LogP contribution in [0.25, 0.3) is 0 Å². The maximum Gasteiger partial charge on any atom is 0.318 e. The minimum absolute atomic E-state index is 0.0133. The van der Waals surface area contributed by atoms with E-state index in [2.05, 4.69) is 0 Å². The van der Waals surface area contributed by atoms with E-state index in [0.29, 0.717) is 0 Å². The van der Waals surface area contributed by atoms with Gasteiger partial charge in [0.25, 0.3) is 0 Å². The molecule has 0 N–H and O–H groups in total. The van der Waals surface area contributed by atoms with Gasteiger partial charge in [-0.1, -0.05) is 84.9 Å². The molecule has 1 aliphatic carbocycles. The van der Waals surface area contributed by atoms with Gasteiger partial charge in [0.1, 0.15) is 11.5 Å². The summed E-state index contributed by atoms with van der Waals surface area (Å²) in [6, 6.07) is 27.4. The number of carbonyl (C=O) groups is 4. The third-order valence-electron chi connectivity index (χ3n) is 6.72. The fraction of sp³-hybridized carbons (Fsp3) is 0.125. The van der Waals surface area contributed by atoms with E-state index in [1.165, 1.54) is 24.3 Å². The van der Waals surface area contributed by atoms with Crippen LogP contribution in [0.2, 0.25) is 0 Å². The van der Waals surface area contributed by atoms with Crippen LogP contribution in [-0.2, 0) is 9.59 Å². The van der Waals surface area contributed by atoms with Crippen LogP contribution in [-0.4, -0.2) is 23.5 Å². The summed E-state index contributed by atoms with van der Waals surface area (Å²) in [5.74, 6) is -3.20. The molecule has 0 bridgehead atoms. The highest BCUT2D eigenvalue weighted by molar-refractivity contribution is 6.30. The lowest BCUT2D eigenvalue weighted by Gasteiger charge is -2.22. The Hall–Kier alpha value is -4.84. The average Bonchev–Trinajstić information content (AvgIpc) is 2.95. The first kappa shape index (κ1) is 24.8. The van der Waals surface area contributed by atoms with Crippen molar-refractivity contribution < 1.29 is 28.7 Å². The van der Waals surface area contributed by atoms with Crippen molar-refractivity contribution in [1.82, 2.24) is 0 Å². The maximum atomic E-state index is 13.6. The van der Waals surface area contributed by atoms with Gasteiger partial charge in [-0.3, -0.25) is 19.2 Å². The van der Waals surface area contributed by atoms with Crippen LogP contribution in [0.15, 0.2) is 97.1 Å². The average molecular weight is 505 g/mol. The number of ketones is 2. The highest BCUT2D eigenvalue weighted by Crippen LogP contribution is 2.38. The van der Waals surface area contributed by atoms with Gasteiger partial charge in [0.15, 0.2) is 11.6 Å². The fourth-order valence-electron chi connectivity index (χ4n) is 4.50. The van der Waals surface area contributed by atoms with E-state index in [9.17, 15) is 19.2 Å². The minimum Gasteiger partial charge on any atom is -0.425 e. The van der Waals surface area contributed by atoms with Crippen molar-refractivity contribution in [3.8, 4) is 11.5 Å². The predicted octanol–water partition coefficient (Wildman–Crippen LogP) is 5.88. The zero-order valence-corrected chi connectivity index (χ0v) is 20.8. The van der Waals surface area contributed by atoms with Gasteiger partial charge < -0.3 is 9.47 Å². The van der Waals surface area contributed by atoms with E-state index in [1.807, 2.05) is 60.7 Å². The summed E-state index contributed by atoms with van der Waals surface area (Å²) >= 11 is 0. The first-order chi connectivity index (χ1) is 18.4. The number of esters is 2. The van der Waals surface area contributed by atoms with E-state index in [1.54, 1.807) is 26.0 Å². The predicted molar refractivity (Wildman–Crippen MR) is 141 cm³/mol. The second kappa shape index (κ2) is 10.3. The lowest BCUT2D eigenvalue weighted by molar-refractivity contribution is -0.136. The van der Waals surface area contributed by atoms with Gasteiger partial charge in [-0.2, -0.15) is 0 Å². The van der Waals surface area contributed by atoms with Gasteiger partial charge in [0.2, 0.25) is 0 Å². The molecule has 4 aromatic carbocycles. The van der Waals surface area contributed by atoms with Crippen molar-refractivity contribution in [2.45, 2.75) is 25.7 Å². The normalized spacial score (nSPS) is 13.6. The van der Waals surface area contributed by atoms with E-state index in [-0.39, 0.29) is 33.8 Å². The second-order valence-corrected chi connectivity index (χ2v) is 9.12. The maximum absolute atomic E-state index is 13.6. The highest BCUT2D eigenvalue weighted by atomic mass is 16.5. The summed E-state index contributed by atoms with van der Waals surface area (Å²) in [5.41, 5.74) is 1.73. The van der Waals surface area contributed by atoms with Crippen LogP contribution in [0.5, 0.6) is 11.5 Å². The molecule has 0 amide bonds.